The van der Waals surface area contributed by atoms with Gasteiger partial charge in [-0.2, -0.15) is 0 Å². The fourth-order valence-corrected chi connectivity index (χ4v) is 11.4. The minimum absolute atomic E-state index is 0.477. The van der Waals surface area contributed by atoms with Crippen molar-refractivity contribution in [1.29, 1.82) is 0 Å². The predicted molar refractivity (Wildman–Crippen MR) is 176 cm³/mol. The van der Waals surface area contributed by atoms with Crippen LogP contribution in [0.1, 0.15) is 40.0 Å². The summed E-state index contributed by atoms with van der Waals surface area (Å²) in [5.41, 5.74) is 2.24. The van der Waals surface area contributed by atoms with Crippen LogP contribution in [0.25, 0.3) is 0 Å². The molecule has 198 valence electrons. The molecule has 1 aliphatic rings. The lowest BCUT2D eigenvalue weighted by molar-refractivity contribution is 0.411. The van der Waals surface area contributed by atoms with E-state index in [9.17, 15) is 0 Å². The van der Waals surface area contributed by atoms with Gasteiger partial charge in [-0.3, -0.25) is 0 Å². The van der Waals surface area contributed by atoms with Gasteiger partial charge >= 0.3 is 0 Å². The molecule has 3 atom stereocenters. The van der Waals surface area contributed by atoms with Crippen molar-refractivity contribution < 1.29 is 0 Å². The summed E-state index contributed by atoms with van der Waals surface area (Å²) < 4.78 is 0. The molecule has 0 nitrogen and oxygen atoms in total. The second kappa shape index (κ2) is 13.5. The third-order valence-corrected chi connectivity index (χ3v) is 13.3. The molecule has 3 unspecified atom stereocenters. The molecule has 5 rings (SSSR count). The maximum atomic E-state index is 2.54. The van der Waals surface area contributed by atoms with E-state index in [1.807, 2.05) is 0 Å². The zero-order valence-corrected chi connectivity index (χ0v) is 25.2. The zero-order valence-electron chi connectivity index (χ0n) is 23.4. The van der Waals surface area contributed by atoms with E-state index in [4.69, 9.17) is 0 Å². The van der Waals surface area contributed by atoms with Gasteiger partial charge in [0, 0.05) is 0 Å². The van der Waals surface area contributed by atoms with Crippen molar-refractivity contribution in [2.24, 2.45) is 11.8 Å². The van der Waals surface area contributed by atoms with E-state index in [1.165, 1.54) is 34.1 Å². The summed E-state index contributed by atoms with van der Waals surface area (Å²) in [7, 11) is -1.10. The molecule has 0 radical (unpaired) electrons. The van der Waals surface area contributed by atoms with Gasteiger partial charge in [0.25, 0.3) is 0 Å². The maximum absolute atomic E-state index is 2.54. The molecular weight excluding hydrogens is 506 g/mol. The highest BCUT2D eigenvalue weighted by Crippen LogP contribution is 2.53. The molecule has 0 aromatic heterocycles. The monoisotopic (exact) mass is 546 g/mol. The van der Waals surface area contributed by atoms with E-state index in [0.29, 0.717) is 17.5 Å². The Balaban J connectivity index is 1.64. The Bertz CT molecular complexity index is 1280. The SMILES string of the molecule is CCC1C=CC(P(c2ccccc2)c2ccccc2)=C(CC(C)P(c2ccccc2)c2ccccc2)C1CC. The standard InChI is InChI=1S/C37H40P2/c1-4-30-26-27-37(39(33-22-14-8-15-23-33)34-24-16-9-17-25-34)36(35(30)5-2)28-29(3)38(31-18-10-6-11-19-31)32-20-12-7-13-21-32/h6-27,29-30,35H,4-5,28H2,1-3H3. The highest BCUT2D eigenvalue weighted by molar-refractivity contribution is 7.77. The Morgan fingerprint density at radius 3 is 1.44 bits per heavy atom. The molecule has 2 heteroatoms. The summed E-state index contributed by atoms with van der Waals surface area (Å²) in [6.07, 6.45) is 8.59. The number of hydrogen-bond donors (Lipinski definition) is 0. The van der Waals surface area contributed by atoms with Crippen molar-refractivity contribution in [3.63, 3.8) is 0 Å². The molecule has 0 heterocycles. The Morgan fingerprint density at radius 1 is 0.590 bits per heavy atom. The van der Waals surface area contributed by atoms with Gasteiger partial charge in [0.05, 0.1) is 0 Å². The van der Waals surface area contributed by atoms with Gasteiger partial charge in [-0.1, -0.05) is 160 Å². The molecule has 0 aliphatic heterocycles. The van der Waals surface area contributed by atoms with Crippen LogP contribution < -0.4 is 21.2 Å². The van der Waals surface area contributed by atoms with Crippen LogP contribution in [0, 0.1) is 11.8 Å². The van der Waals surface area contributed by atoms with Crippen LogP contribution in [0.2, 0.25) is 0 Å². The van der Waals surface area contributed by atoms with E-state index in [0.717, 1.165) is 6.42 Å². The molecule has 4 aromatic rings. The normalized spacial score (nSPS) is 18.1. The molecule has 4 aromatic carbocycles. The summed E-state index contributed by atoms with van der Waals surface area (Å²) in [6, 6.07) is 45.0. The summed E-state index contributed by atoms with van der Waals surface area (Å²) in [5.74, 6) is 1.21. The first-order valence-electron chi connectivity index (χ1n) is 14.4. The summed E-state index contributed by atoms with van der Waals surface area (Å²) in [4.78, 5) is 0. The molecule has 0 fully saturated rings. The van der Waals surface area contributed by atoms with Crippen LogP contribution in [0.4, 0.5) is 0 Å². The summed E-state index contributed by atoms with van der Waals surface area (Å²) in [5, 5.41) is 7.44. The van der Waals surface area contributed by atoms with Crippen LogP contribution in [0.3, 0.4) is 0 Å². The first-order valence-corrected chi connectivity index (χ1v) is 17.2. The number of rotatable bonds is 10. The van der Waals surface area contributed by atoms with E-state index in [1.54, 1.807) is 10.9 Å². The average Bonchev–Trinajstić information content (AvgIpc) is 3.00. The van der Waals surface area contributed by atoms with Crippen molar-refractivity contribution in [2.45, 2.75) is 45.7 Å². The third kappa shape index (κ3) is 6.35. The van der Waals surface area contributed by atoms with Crippen molar-refractivity contribution in [2.75, 3.05) is 0 Å². The van der Waals surface area contributed by atoms with Crippen LogP contribution in [-0.4, -0.2) is 5.66 Å². The lowest BCUT2D eigenvalue weighted by Gasteiger charge is -2.37. The quantitative estimate of drug-likeness (QED) is 0.174. The largest absolute Gasteiger partial charge is 0.0802 e. The lowest BCUT2D eigenvalue weighted by atomic mass is 9.77. The Hall–Kier alpha value is -2.78. The molecule has 0 bridgehead atoms. The Kier molecular flexibility index (Phi) is 9.63. The predicted octanol–water partition coefficient (Wildman–Crippen LogP) is 8.91. The van der Waals surface area contributed by atoms with Crippen LogP contribution >= 0.6 is 15.8 Å². The second-order valence-corrected chi connectivity index (χ2v) is 15.3. The summed E-state index contributed by atoms with van der Waals surface area (Å²) in [6.45, 7) is 7.27. The van der Waals surface area contributed by atoms with E-state index >= 15 is 0 Å². The molecule has 39 heavy (non-hydrogen) atoms. The van der Waals surface area contributed by atoms with Gasteiger partial charge in [0.15, 0.2) is 0 Å². The maximum Gasteiger partial charge on any atom is -0.0120 e. The van der Waals surface area contributed by atoms with Gasteiger partial charge in [-0.25, -0.2) is 0 Å². The molecule has 0 saturated carbocycles. The number of allylic oxidation sites excluding steroid dienone is 4. The van der Waals surface area contributed by atoms with Gasteiger partial charge in [0.1, 0.15) is 0 Å². The minimum Gasteiger partial charge on any atom is -0.0802 e. The fourth-order valence-electron chi connectivity index (χ4n) is 6.17. The van der Waals surface area contributed by atoms with Gasteiger partial charge in [-0.15, -0.1) is 0 Å². The highest BCUT2D eigenvalue weighted by atomic mass is 31.1. The van der Waals surface area contributed by atoms with Crippen molar-refractivity contribution >= 4 is 37.1 Å². The number of hydrogen-bond acceptors (Lipinski definition) is 0. The first-order chi connectivity index (χ1) is 19.2. The molecule has 1 aliphatic carbocycles. The minimum atomic E-state index is -0.623. The fraction of sp³-hybridized carbons (Fsp3) is 0.243. The summed E-state index contributed by atoms with van der Waals surface area (Å²) >= 11 is 0. The smallest absolute Gasteiger partial charge is 0.0120 e. The van der Waals surface area contributed by atoms with E-state index in [2.05, 4.69) is 154 Å². The highest BCUT2D eigenvalue weighted by Gasteiger charge is 2.33. The average molecular weight is 547 g/mol. The number of benzene rings is 4. The van der Waals surface area contributed by atoms with Crippen molar-refractivity contribution in [3.8, 4) is 0 Å². The lowest BCUT2D eigenvalue weighted by Crippen LogP contribution is -2.26. The molecule has 0 N–H and O–H groups in total. The van der Waals surface area contributed by atoms with Crippen LogP contribution in [0.15, 0.2) is 144 Å². The van der Waals surface area contributed by atoms with Crippen LogP contribution in [-0.2, 0) is 0 Å². The zero-order chi connectivity index (χ0) is 27.0. The molecule has 0 spiro atoms. The van der Waals surface area contributed by atoms with E-state index in [-0.39, 0.29) is 0 Å². The third-order valence-electron chi connectivity index (χ3n) is 8.00. The first kappa shape index (κ1) is 27.8. The molecule has 0 saturated heterocycles. The Labute approximate surface area is 238 Å². The Morgan fingerprint density at radius 2 is 1.03 bits per heavy atom. The van der Waals surface area contributed by atoms with Crippen molar-refractivity contribution in [3.05, 3.63) is 144 Å². The topological polar surface area (TPSA) is 0 Å². The second-order valence-electron chi connectivity index (χ2n) is 10.5. The van der Waals surface area contributed by atoms with Gasteiger partial charge in [0.2, 0.25) is 0 Å². The van der Waals surface area contributed by atoms with Gasteiger partial charge in [-0.05, 0) is 79.1 Å². The molecule has 0 amide bonds. The van der Waals surface area contributed by atoms with Crippen LogP contribution in [0.5, 0.6) is 0 Å². The molecular formula is C37H40P2. The van der Waals surface area contributed by atoms with E-state index < -0.39 is 15.8 Å². The van der Waals surface area contributed by atoms with Gasteiger partial charge < -0.3 is 0 Å². The van der Waals surface area contributed by atoms with Crippen molar-refractivity contribution in [1.82, 2.24) is 0 Å².